The molecule has 2 aromatic heterocycles. The molecule has 2 heterocycles. The molecule has 4 rings (SSSR count). The van der Waals surface area contributed by atoms with Crippen LogP contribution in [-0.4, -0.2) is 22.5 Å². The van der Waals surface area contributed by atoms with E-state index in [1.807, 2.05) is 30.3 Å². The standard InChI is InChI=1S/C23H18N2O4S/c1-14-18(12-15-6-4-3-5-7-15)20(26)24-23-25(14)21(27)19(30-23)13-16-8-10-17(11-9-16)22(28)29-2/h3-11,13H,12H2,1-2H3/b19-13+. The van der Waals surface area contributed by atoms with Crippen molar-refractivity contribution >= 4 is 28.3 Å². The smallest absolute Gasteiger partial charge is 0.337 e. The minimum absolute atomic E-state index is 0.216. The van der Waals surface area contributed by atoms with E-state index >= 15 is 0 Å². The molecule has 0 radical (unpaired) electrons. The molecule has 0 saturated carbocycles. The van der Waals surface area contributed by atoms with Gasteiger partial charge in [0.1, 0.15) is 0 Å². The van der Waals surface area contributed by atoms with Crippen LogP contribution >= 0.6 is 11.3 Å². The molecule has 0 N–H and O–H groups in total. The fraction of sp³-hybridized carbons (Fsp3) is 0.130. The fourth-order valence-corrected chi connectivity index (χ4v) is 4.29. The maximum atomic E-state index is 13.0. The first-order valence-electron chi connectivity index (χ1n) is 9.27. The van der Waals surface area contributed by atoms with Gasteiger partial charge in [-0.2, -0.15) is 4.98 Å². The predicted molar refractivity (Wildman–Crippen MR) is 116 cm³/mol. The van der Waals surface area contributed by atoms with Gasteiger partial charge < -0.3 is 4.74 Å². The molecule has 0 spiro atoms. The zero-order valence-corrected chi connectivity index (χ0v) is 17.2. The number of aryl methyl sites for hydroxylation is 1. The van der Waals surface area contributed by atoms with Gasteiger partial charge in [0.15, 0.2) is 0 Å². The summed E-state index contributed by atoms with van der Waals surface area (Å²) in [6.07, 6.45) is 2.15. The van der Waals surface area contributed by atoms with Gasteiger partial charge in [0.2, 0.25) is 4.96 Å². The highest BCUT2D eigenvalue weighted by Gasteiger charge is 2.15. The first-order valence-corrected chi connectivity index (χ1v) is 10.1. The molecule has 2 aromatic carbocycles. The minimum atomic E-state index is -0.419. The average Bonchev–Trinajstić information content (AvgIpc) is 3.06. The summed E-state index contributed by atoms with van der Waals surface area (Å²) < 4.78 is 6.66. The Morgan fingerprint density at radius 3 is 2.47 bits per heavy atom. The zero-order valence-electron chi connectivity index (χ0n) is 16.4. The predicted octanol–water partition coefficient (Wildman–Crippen LogP) is 2.35. The summed E-state index contributed by atoms with van der Waals surface area (Å²) in [7, 11) is 1.33. The topological polar surface area (TPSA) is 77.7 Å². The Balaban J connectivity index is 1.80. The molecule has 6 nitrogen and oxygen atoms in total. The number of fused-ring (bicyclic) bond motifs is 1. The number of rotatable bonds is 4. The third-order valence-corrected chi connectivity index (χ3v) is 5.86. The molecule has 0 aliphatic rings. The summed E-state index contributed by atoms with van der Waals surface area (Å²) in [5.41, 5.74) is 2.77. The van der Waals surface area contributed by atoms with Crippen LogP contribution in [0.25, 0.3) is 11.0 Å². The molecule has 0 aliphatic heterocycles. The van der Waals surface area contributed by atoms with Gasteiger partial charge in [-0.05, 0) is 36.3 Å². The average molecular weight is 418 g/mol. The summed E-state index contributed by atoms with van der Waals surface area (Å²) in [6.45, 7) is 1.78. The molecule has 0 aliphatic carbocycles. The fourth-order valence-electron chi connectivity index (χ4n) is 3.28. The number of methoxy groups -OCH3 is 1. The molecule has 0 saturated heterocycles. The van der Waals surface area contributed by atoms with Crippen molar-refractivity contribution in [1.82, 2.24) is 9.38 Å². The number of carbonyl (C=O) groups excluding carboxylic acids is 1. The van der Waals surface area contributed by atoms with Crippen LogP contribution < -0.4 is 15.7 Å². The van der Waals surface area contributed by atoms with Gasteiger partial charge in [-0.25, -0.2) is 4.79 Å². The minimum Gasteiger partial charge on any atom is -0.465 e. The van der Waals surface area contributed by atoms with E-state index in [2.05, 4.69) is 4.98 Å². The Labute approximate surface area is 175 Å². The van der Waals surface area contributed by atoms with Crippen LogP contribution in [0.15, 0.2) is 64.2 Å². The lowest BCUT2D eigenvalue weighted by Crippen LogP contribution is -2.27. The van der Waals surface area contributed by atoms with Crippen LogP contribution in [0.4, 0.5) is 0 Å². The van der Waals surface area contributed by atoms with E-state index in [1.165, 1.54) is 22.8 Å². The van der Waals surface area contributed by atoms with Crippen molar-refractivity contribution in [2.45, 2.75) is 13.3 Å². The monoisotopic (exact) mass is 418 g/mol. The first-order chi connectivity index (χ1) is 14.5. The van der Waals surface area contributed by atoms with E-state index in [9.17, 15) is 14.4 Å². The molecule has 0 bridgehead atoms. The number of ether oxygens (including phenoxy) is 1. The van der Waals surface area contributed by atoms with Crippen LogP contribution in [-0.2, 0) is 11.2 Å². The lowest BCUT2D eigenvalue weighted by atomic mass is 10.1. The third-order valence-electron chi connectivity index (χ3n) is 4.89. The largest absolute Gasteiger partial charge is 0.465 e. The summed E-state index contributed by atoms with van der Waals surface area (Å²) in [4.78, 5) is 41.7. The lowest BCUT2D eigenvalue weighted by molar-refractivity contribution is 0.0600. The number of benzene rings is 2. The highest BCUT2D eigenvalue weighted by molar-refractivity contribution is 7.15. The van der Waals surface area contributed by atoms with Gasteiger partial charge >= 0.3 is 5.97 Å². The highest BCUT2D eigenvalue weighted by Crippen LogP contribution is 2.12. The quantitative estimate of drug-likeness (QED) is 0.476. The van der Waals surface area contributed by atoms with E-state index in [0.29, 0.717) is 32.7 Å². The molecule has 30 heavy (non-hydrogen) atoms. The van der Waals surface area contributed by atoms with Gasteiger partial charge in [-0.1, -0.05) is 53.8 Å². The van der Waals surface area contributed by atoms with Crippen LogP contribution in [0, 0.1) is 6.92 Å². The van der Waals surface area contributed by atoms with Gasteiger partial charge in [0.25, 0.3) is 11.1 Å². The van der Waals surface area contributed by atoms with Crippen molar-refractivity contribution in [1.29, 1.82) is 0 Å². The molecular weight excluding hydrogens is 400 g/mol. The van der Waals surface area contributed by atoms with Crippen molar-refractivity contribution < 1.29 is 9.53 Å². The first kappa shape index (κ1) is 19.7. The Kier molecular flexibility index (Phi) is 5.29. The second-order valence-corrected chi connectivity index (χ2v) is 7.80. The van der Waals surface area contributed by atoms with E-state index in [0.717, 1.165) is 11.1 Å². The summed E-state index contributed by atoms with van der Waals surface area (Å²) in [5, 5.41) is 0. The summed E-state index contributed by atoms with van der Waals surface area (Å²) >= 11 is 1.17. The third kappa shape index (κ3) is 3.67. The number of thiazole rings is 1. The van der Waals surface area contributed by atoms with Crippen molar-refractivity contribution in [3.8, 4) is 0 Å². The molecule has 4 aromatic rings. The van der Waals surface area contributed by atoms with Crippen LogP contribution in [0.2, 0.25) is 0 Å². The van der Waals surface area contributed by atoms with Gasteiger partial charge in [-0.15, -0.1) is 0 Å². The van der Waals surface area contributed by atoms with Crippen molar-refractivity contribution in [3.63, 3.8) is 0 Å². The summed E-state index contributed by atoms with van der Waals surface area (Å²) in [5.74, 6) is -0.419. The van der Waals surface area contributed by atoms with Gasteiger partial charge in [0, 0.05) is 17.7 Å². The van der Waals surface area contributed by atoms with E-state index in [1.54, 1.807) is 37.3 Å². The Bertz CT molecular complexity index is 1400. The van der Waals surface area contributed by atoms with E-state index in [-0.39, 0.29) is 11.1 Å². The molecule has 7 heteroatoms. The normalized spacial score (nSPS) is 11.7. The Hall–Kier alpha value is -3.58. The maximum absolute atomic E-state index is 13.0. The number of aromatic nitrogens is 2. The molecule has 150 valence electrons. The molecular formula is C23H18N2O4S. The molecule has 0 unspecified atom stereocenters. The van der Waals surface area contributed by atoms with E-state index in [4.69, 9.17) is 4.74 Å². The second-order valence-electron chi connectivity index (χ2n) is 6.79. The highest BCUT2D eigenvalue weighted by atomic mass is 32.1. The molecule has 0 atom stereocenters. The number of hydrogen-bond acceptors (Lipinski definition) is 6. The Morgan fingerprint density at radius 2 is 1.80 bits per heavy atom. The zero-order chi connectivity index (χ0) is 21.3. The number of nitrogens with zero attached hydrogens (tertiary/aromatic N) is 2. The summed E-state index contributed by atoms with van der Waals surface area (Å²) in [6, 6.07) is 16.4. The SMILES string of the molecule is COC(=O)c1ccc(/C=c2/sc3nc(=O)c(Cc4ccccc4)c(C)n3c2=O)cc1. The number of hydrogen-bond donors (Lipinski definition) is 0. The van der Waals surface area contributed by atoms with Gasteiger partial charge in [-0.3, -0.25) is 14.0 Å². The van der Waals surface area contributed by atoms with Crippen molar-refractivity contribution in [2.24, 2.45) is 0 Å². The number of carbonyl (C=O) groups is 1. The maximum Gasteiger partial charge on any atom is 0.337 e. The molecule has 0 fully saturated rings. The van der Waals surface area contributed by atoms with Crippen LogP contribution in [0.3, 0.4) is 0 Å². The van der Waals surface area contributed by atoms with Crippen molar-refractivity contribution in [2.75, 3.05) is 7.11 Å². The van der Waals surface area contributed by atoms with Crippen molar-refractivity contribution in [3.05, 3.63) is 108 Å². The lowest BCUT2D eigenvalue weighted by Gasteiger charge is -2.06. The van der Waals surface area contributed by atoms with Crippen LogP contribution in [0.1, 0.15) is 32.7 Å². The van der Waals surface area contributed by atoms with Gasteiger partial charge in [0.05, 0.1) is 17.2 Å². The molecule has 0 amide bonds. The second kappa shape index (κ2) is 8.04. The van der Waals surface area contributed by atoms with Crippen LogP contribution in [0.5, 0.6) is 0 Å². The number of esters is 1. The van der Waals surface area contributed by atoms with E-state index < -0.39 is 5.97 Å². The Morgan fingerprint density at radius 1 is 1.10 bits per heavy atom.